The van der Waals surface area contributed by atoms with Gasteiger partial charge in [-0.3, -0.25) is 4.90 Å². The molecule has 0 amide bonds. The van der Waals surface area contributed by atoms with Crippen molar-refractivity contribution < 1.29 is 5.11 Å². The van der Waals surface area contributed by atoms with Crippen LogP contribution in [0.2, 0.25) is 5.02 Å². The molecule has 0 aromatic carbocycles. The summed E-state index contributed by atoms with van der Waals surface area (Å²) in [4.78, 5) is 5.40. The Balaban J connectivity index is 2.16. The van der Waals surface area contributed by atoms with E-state index in [9.17, 15) is 5.11 Å². The molecular formula is C12H19ClN2OS. The molecule has 1 aromatic rings. The smallest absolute Gasteiger partial charge is 0.106 e. The molecule has 17 heavy (non-hydrogen) atoms. The highest BCUT2D eigenvalue weighted by molar-refractivity contribution is 7.10. The van der Waals surface area contributed by atoms with E-state index in [2.05, 4.69) is 23.9 Å². The third-order valence-corrected chi connectivity index (χ3v) is 4.82. The van der Waals surface area contributed by atoms with Gasteiger partial charge in [-0.25, -0.2) is 0 Å². The summed E-state index contributed by atoms with van der Waals surface area (Å²) in [6, 6.07) is 1.98. The summed E-state index contributed by atoms with van der Waals surface area (Å²) in [5.74, 6) is 0. The molecule has 0 saturated carbocycles. The Labute approximate surface area is 112 Å². The Hall–Kier alpha value is -0.130. The number of nitrogens with zero attached hydrogens (tertiary/aromatic N) is 2. The Morgan fingerprint density at radius 2 is 2.24 bits per heavy atom. The molecule has 0 spiro atoms. The summed E-state index contributed by atoms with van der Waals surface area (Å²) in [6.07, 6.45) is 0.655. The number of halogens is 1. The lowest BCUT2D eigenvalue weighted by Gasteiger charge is -2.31. The third kappa shape index (κ3) is 3.01. The summed E-state index contributed by atoms with van der Waals surface area (Å²) < 4.78 is 0. The van der Waals surface area contributed by atoms with Gasteiger partial charge in [0.25, 0.3) is 0 Å². The molecule has 0 radical (unpaired) electrons. The van der Waals surface area contributed by atoms with Crippen molar-refractivity contribution in [3.63, 3.8) is 0 Å². The Morgan fingerprint density at radius 1 is 1.47 bits per heavy atom. The average molecular weight is 275 g/mol. The van der Waals surface area contributed by atoms with Gasteiger partial charge in [-0.15, -0.1) is 11.3 Å². The van der Waals surface area contributed by atoms with E-state index >= 15 is 0 Å². The van der Waals surface area contributed by atoms with Crippen LogP contribution in [0.25, 0.3) is 0 Å². The Kier molecular flexibility index (Phi) is 4.44. The van der Waals surface area contributed by atoms with E-state index in [-0.39, 0.29) is 6.04 Å². The van der Waals surface area contributed by atoms with E-state index in [1.165, 1.54) is 11.3 Å². The van der Waals surface area contributed by atoms with Gasteiger partial charge < -0.3 is 10.0 Å². The van der Waals surface area contributed by atoms with Crippen molar-refractivity contribution in [1.29, 1.82) is 0 Å². The molecule has 1 saturated heterocycles. The molecule has 1 aliphatic heterocycles. The molecule has 2 rings (SSSR count). The van der Waals surface area contributed by atoms with E-state index in [4.69, 9.17) is 11.6 Å². The molecule has 3 nitrogen and oxygen atoms in total. The second-order valence-electron chi connectivity index (χ2n) is 4.74. The number of hydrogen-bond acceptors (Lipinski definition) is 4. The second-order valence-corrected chi connectivity index (χ2v) is 6.10. The fourth-order valence-corrected chi connectivity index (χ4v) is 3.55. The van der Waals surface area contributed by atoms with E-state index < -0.39 is 6.10 Å². The summed E-state index contributed by atoms with van der Waals surface area (Å²) in [6.45, 7) is 2.99. The van der Waals surface area contributed by atoms with Crippen LogP contribution >= 0.6 is 22.9 Å². The van der Waals surface area contributed by atoms with Crippen LogP contribution in [0.5, 0.6) is 0 Å². The van der Waals surface area contributed by atoms with Crippen molar-refractivity contribution in [3.8, 4) is 0 Å². The first-order valence-corrected chi connectivity index (χ1v) is 7.15. The zero-order valence-corrected chi connectivity index (χ0v) is 11.8. The Bertz CT molecular complexity index is 371. The zero-order valence-electron chi connectivity index (χ0n) is 10.3. The predicted octanol–water partition coefficient (Wildman–Crippen LogP) is 2.07. The molecule has 2 heterocycles. The molecule has 5 heteroatoms. The molecular weight excluding hydrogens is 256 g/mol. The number of likely N-dealkylation sites (N-methyl/N-ethyl adjacent to an activating group) is 2. The van der Waals surface area contributed by atoms with Gasteiger partial charge in [0, 0.05) is 6.54 Å². The minimum Gasteiger partial charge on any atom is -0.386 e. The molecule has 1 aliphatic rings. The van der Waals surface area contributed by atoms with Crippen molar-refractivity contribution in [2.75, 3.05) is 33.7 Å². The molecule has 2 unspecified atom stereocenters. The van der Waals surface area contributed by atoms with Gasteiger partial charge in [0.05, 0.1) is 15.9 Å². The van der Waals surface area contributed by atoms with Gasteiger partial charge in [-0.05, 0) is 45.1 Å². The minimum atomic E-state index is -0.493. The lowest BCUT2D eigenvalue weighted by atomic mass is 10.1. The monoisotopic (exact) mass is 274 g/mol. The predicted molar refractivity (Wildman–Crippen MR) is 72.8 cm³/mol. The normalized spacial score (nSPS) is 25.8. The van der Waals surface area contributed by atoms with E-state index in [1.54, 1.807) is 0 Å². The molecule has 2 atom stereocenters. The molecule has 0 bridgehead atoms. The van der Waals surface area contributed by atoms with Gasteiger partial charge in [0.2, 0.25) is 0 Å². The maximum atomic E-state index is 10.5. The van der Waals surface area contributed by atoms with Gasteiger partial charge in [-0.2, -0.15) is 0 Å². The summed E-state index contributed by atoms with van der Waals surface area (Å²) in [7, 11) is 4.18. The van der Waals surface area contributed by atoms with Crippen LogP contribution in [0.4, 0.5) is 0 Å². The van der Waals surface area contributed by atoms with E-state index in [1.807, 2.05) is 11.4 Å². The summed E-state index contributed by atoms with van der Waals surface area (Å²) >= 11 is 7.63. The standard InChI is InChI=1S/C12H19ClN2OS/c1-14-5-3-6-15(2)10(8-14)11(16)12-9(13)4-7-17-12/h4,7,10-11,16H,3,5-6,8H2,1-2H3. The second kappa shape index (κ2) is 5.67. The highest BCUT2D eigenvalue weighted by atomic mass is 35.5. The number of aliphatic hydroxyl groups is 1. The number of rotatable bonds is 2. The number of thiophene rings is 1. The van der Waals surface area contributed by atoms with Crippen molar-refractivity contribution >= 4 is 22.9 Å². The fourth-order valence-electron chi connectivity index (χ4n) is 2.34. The van der Waals surface area contributed by atoms with Crippen LogP contribution in [0.1, 0.15) is 17.4 Å². The van der Waals surface area contributed by atoms with Crippen molar-refractivity contribution in [3.05, 3.63) is 21.3 Å². The maximum absolute atomic E-state index is 10.5. The van der Waals surface area contributed by atoms with Crippen LogP contribution in [-0.2, 0) is 0 Å². The Morgan fingerprint density at radius 3 is 2.88 bits per heavy atom. The first-order valence-electron chi connectivity index (χ1n) is 5.89. The molecule has 0 aliphatic carbocycles. The molecule has 96 valence electrons. The van der Waals surface area contributed by atoms with E-state index in [0.29, 0.717) is 5.02 Å². The lowest BCUT2D eigenvalue weighted by molar-refractivity contribution is 0.0597. The molecule has 1 aromatic heterocycles. The molecule has 1 N–H and O–H groups in total. The first-order chi connectivity index (χ1) is 8.09. The highest BCUT2D eigenvalue weighted by Gasteiger charge is 2.29. The highest BCUT2D eigenvalue weighted by Crippen LogP contribution is 2.32. The number of aliphatic hydroxyl groups excluding tert-OH is 1. The zero-order chi connectivity index (χ0) is 12.4. The molecule has 1 fully saturated rings. The lowest BCUT2D eigenvalue weighted by Crippen LogP contribution is -2.42. The average Bonchev–Trinajstić information content (AvgIpc) is 2.63. The largest absolute Gasteiger partial charge is 0.386 e. The number of hydrogen-bond donors (Lipinski definition) is 1. The quantitative estimate of drug-likeness (QED) is 0.894. The third-order valence-electron chi connectivity index (χ3n) is 3.39. The van der Waals surface area contributed by atoms with Gasteiger partial charge >= 0.3 is 0 Å². The van der Waals surface area contributed by atoms with Crippen molar-refractivity contribution in [1.82, 2.24) is 9.80 Å². The van der Waals surface area contributed by atoms with Crippen LogP contribution < -0.4 is 0 Å². The van der Waals surface area contributed by atoms with Crippen LogP contribution in [0.3, 0.4) is 0 Å². The van der Waals surface area contributed by atoms with Crippen LogP contribution in [-0.4, -0.2) is 54.7 Å². The van der Waals surface area contributed by atoms with Gasteiger partial charge in [0.1, 0.15) is 6.10 Å². The van der Waals surface area contributed by atoms with Gasteiger partial charge in [0.15, 0.2) is 0 Å². The van der Waals surface area contributed by atoms with Crippen LogP contribution in [0.15, 0.2) is 11.4 Å². The summed E-state index contributed by atoms with van der Waals surface area (Å²) in [5.41, 5.74) is 0. The summed E-state index contributed by atoms with van der Waals surface area (Å²) in [5, 5.41) is 13.1. The SMILES string of the molecule is CN1CCCN(C)C(C(O)c2sccc2Cl)C1. The van der Waals surface area contributed by atoms with Gasteiger partial charge in [-0.1, -0.05) is 11.6 Å². The fraction of sp³-hybridized carbons (Fsp3) is 0.667. The minimum absolute atomic E-state index is 0.124. The van der Waals surface area contributed by atoms with Crippen LogP contribution in [0, 0.1) is 0 Å². The van der Waals surface area contributed by atoms with Crippen molar-refractivity contribution in [2.24, 2.45) is 0 Å². The van der Waals surface area contributed by atoms with Crippen molar-refractivity contribution in [2.45, 2.75) is 18.6 Å². The topological polar surface area (TPSA) is 26.7 Å². The van der Waals surface area contributed by atoms with E-state index in [0.717, 1.165) is 30.9 Å². The maximum Gasteiger partial charge on any atom is 0.106 e. The first kappa shape index (κ1) is 13.3.